The molecule has 0 aliphatic heterocycles. The molecule has 3 rings (SSSR count). The first-order valence-corrected chi connectivity index (χ1v) is 5.80. The molecule has 1 saturated carbocycles. The average molecular weight is 230 g/mol. The van der Waals surface area contributed by atoms with Crippen molar-refractivity contribution >= 4 is 0 Å². The molecular formula is C12H14N4O. The SMILES string of the molecule is Cc1ccccc1OCc1nnnn1C1CC1. The van der Waals surface area contributed by atoms with Crippen molar-refractivity contribution in [2.24, 2.45) is 0 Å². The molecule has 0 spiro atoms. The van der Waals surface area contributed by atoms with E-state index in [9.17, 15) is 0 Å². The second kappa shape index (κ2) is 4.16. The molecule has 1 aliphatic carbocycles. The number of nitrogens with zero attached hydrogens (tertiary/aromatic N) is 4. The fraction of sp³-hybridized carbons (Fsp3) is 0.417. The lowest BCUT2D eigenvalue weighted by atomic mass is 10.2. The van der Waals surface area contributed by atoms with Gasteiger partial charge in [-0.25, -0.2) is 4.68 Å². The summed E-state index contributed by atoms with van der Waals surface area (Å²) < 4.78 is 7.61. The van der Waals surface area contributed by atoms with Gasteiger partial charge in [0.25, 0.3) is 0 Å². The topological polar surface area (TPSA) is 52.8 Å². The van der Waals surface area contributed by atoms with Crippen LogP contribution in [0.3, 0.4) is 0 Å². The third kappa shape index (κ3) is 2.13. The largest absolute Gasteiger partial charge is 0.485 e. The van der Waals surface area contributed by atoms with Crippen LogP contribution in [0.15, 0.2) is 24.3 Å². The molecule has 88 valence electrons. The van der Waals surface area contributed by atoms with Gasteiger partial charge in [-0.1, -0.05) is 18.2 Å². The summed E-state index contributed by atoms with van der Waals surface area (Å²) in [6, 6.07) is 8.43. The van der Waals surface area contributed by atoms with Gasteiger partial charge in [0.2, 0.25) is 0 Å². The summed E-state index contributed by atoms with van der Waals surface area (Å²) in [5.74, 6) is 1.69. The molecule has 1 aromatic heterocycles. The Kier molecular flexibility index (Phi) is 2.51. The smallest absolute Gasteiger partial charge is 0.189 e. The number of tetrazole rings is 1. The van der Waals surface area contributed by atoms with Gasteiger partial charge in [-0.15, -0.1) is 5.10 Å². The molecule has 1 aromatic carbocycles. The van der Waals surface area contributed by atoms with Crippen molar-refractivity contribution in [3.63, 3.8) is 0 Å². The summed E-state index contributed by atoms with van der Waals surface area (Å²) >= 11 is 0. The van der Waals surface area contributed by atoms with E-state index in [-0.39, 0.29) is 0 Å². The average Bonchev–Trinajstić information content (AvgIpc) is 3.08. The van der Waals surface area contributed by atoms with Crippen LogP contribution in [0.2, 0.25) is 0 Å². The van der Waals surface area contributed by atoms with Gasteiger partial charge in [-0.3, -0.25) is 0 Å². The summed E-state index contributed by atoms with van der Waals surface area (Å²) in [6.45, 7) is 2.45. The molecule has 5 nitrogen and oxygen atoms in total. The van der Waals surface area contributed by atoms with Gasteiger partial charge in [0.1, 0.15) is 12.4 Å². The lowest BCUT2D eigenvalue weighted by Crippen LogP contribution is -2.07. The van der Waals surface area contributed by atoms with E-state index in [1.54, 1.807) is 0 Å². The molecular weight excluding hydrogens is 216 g/mol. The maximum atomic E-state index is 5.74. The standard InChI is InChI=1S/C12H14N4O/c1-9-4-2-3-5-11(9)17-8-12-13-14-15-16(12)10-6-7-10/h2-5,10H,6-8H2,1H3. The second-order valence-electron chi connectivity index (χ2n) is 4.33. The summed E-state index contributed by atoms with van der Waals surface area (Å²) in [5, 5.41) is 11.7. The van der Waals surface area contributed by atoms with E-state index >= 15 is 0 Å². The first-order valence-electron chi connectivity index (χ1n) is 5.80. The molecule has 1 fully saturated rings. The van der Waals surface area contributed by atoms with Crippen molar-refractivity contribution in [3.05, 3.63) is 35.7 Å². The van der Waals surface area contributed by atoms with Gasteiger partial charge in [0, 0.05) is 0 Å². The maximum Gasteiger partial charge on any atom is 0.189 e. The van der Waals surface area contributed by atoms with Gasteiger partial charge >= 0.3 is 0 Å². The molecule has 0 N–H and O–H groups in total. The quantitative estimate of drug-likeness (QED) is 0.805. The molecule has 5 heteroatoms. The highest BCUT2D eigenvalue weighted by Gasteiger charge is 2.27. The van der Waals surface area contributed by atoms with E-state index in [2.05, 4.69) is 15.5 Å². The van der Waals surface area contributed by atoms with Crippen molar-refractivity contribution in [1.29, 1.82) is 0 Å². The van der Waals surface area contributed by atoms with Gasteiger partial charge in [0.15, 0.2) is 5.82 Å². The van der Waals surface area contributed by atoms with Crippen LogP contribution in [0.4, 0.5) is 0 Å². The Bertz CT molecular complexity index is 519. The first-order chi connectivity index (χ1) is 8.34. The van der Waals surface area contributed by atoms with Gasteiger partial charge in [0.05, 0.1) is 6.04 Å². The summed E-state index contributed by atoms with van der Waals surface area (Å²) in [6.07, 6.45) is 2.34. The molecule has 0 amide bonds. The summed E-state index contributed by atoms with van der Waals surface area (Å²) in [7, 11) is 0. The van der Waals surface area contributed by atoms with Crippen molar-refractivity contribution in [2.45, 2.75) is 32.4 Å². The number of ether oxygens (including phenoxy) is 1. The van der Waals surface area contributed by atoms with Crippen LogP contribution in [0.1, 0.15) is 30.3 Å². The van der Waals surface area contributed by atoms with Crippen LogP contribution in [-0.2, 0) is 6.61 Å². The molecule has 1 aliphatic rings. The van der Waals surface area contributed by atoms with E-state index in [4.69, 9.17) is 4.74 Å². The second-order valence-corrected chi connectivity index (χ2v) is 4.33. The lowest BCUT2D eigenvalue weighted by molar-refractivity contribution is 0.284. The van der Waals surface area contributed by atoms with E-state index in [0.717, 1.165) is 17.1 Å². The van der Waals surface area contributed by atoms with Gasteiger partial charge in [-0.05, 0) is 41.8 Å². The third-order valence-electron chi connectivity index (χ3n) is 2.90. The molecule has 0 saturated heterocycles. The van der Waals surface area contributed by atoms with E-state index in [1.165, 1.54) is 12.8 Å². The Morgan fingerprint density at radius 3 is 2.94 bits per heavy atom. The van der Waals surface area contributed by atoms with E-state index in [1.807, 2.05) is 35.9 Å². The minimum absolute atomic E-state index is 0.425. The molecule has 0 unspecified atom stereocenters. The fourth-order valence-electron chi connectivity index (χ4n) is 1.77. The van der Waals surface area contributed by atoms with Crippen LogP contribution in [0, 0.1) is 6.92 Å². The molecule has 0 bridgehead atoms. The minimum Gasteiger partial charge on any atom is -0.485 e. The summed E-state index contributed by atoms with van der Waals surface area (Å²) in [5.41, 5.74) is 1.12. The molecule has 1 heterocycles. The number of hydrogen-bond donors (Lipinski definition) is 0. The normalized spacial score (nSPS) is 14.9. The zero-order chi connectivity index (χ0) is 11.7. The van der Waals surface area contributed by atoms with Crippen LogP contribution in [0.5, 0.6) is 5.75 Å². The van der Waals surface area contributed by atoms with Crippen LogP contribution < -0.4 is 4.74 Å². The van der Waals surface area contributed by atoms with Crippen molar-refractivity contribution in [2.75, 3.05) is 0 Å². The Hall–Kier alpha value is -1.91. The van der Waals surface area contributed by atoms with Crippen molar-refractivity contribution < 1.29 is 4.74 Å². The third-order valence-corrected chi connectivity index (χ3v) is 2.90. The fourth-order valence-corrected chi connectivity index (χ4v) is 1.77. The Labute approximate surface area is 99.4 Å². The molecule has 0 radical (unpaired) electrons. The number of para-hydroxylation sites is 1. The zero-order valence-corrected chi connectivity index (χ0v) is 9.71. The van der Waals surface area contributed by atoms with Gasteiger partial charge in [-0.2, -0.15) is 0 Å². The molecule has 2 aromatic rings. The predicted molar refractivity (Wildman–Crippen MR) is 61.6 cm³/mol. The summed E-state index contributed by atoms with van der Waals surface area (Å²) in [4.78, 5) is 0. The highest BCUT2D eigenvalue weighted by atomic mass is 16.5. The minimum atomic E-state index is 0.425. The van der Waals surface area contributed by atoms with E-state index < -0.39 is 0 Å². The monoisotopic (exact) mass is 230 g/mol. The number of hydrogen-bond acceptors (Lipinski definition) is 4. The van der Waals surface area contributed by atoms with Crippen molar-refractivity contribution in [1.82, 2.24) is 20.2 Å². The number of benzene rings is 1. The Balaban J connectivity index is 1.71. The molecule has 0 atom stereocenters. The highest BCUT2D eigenvalue weighted by molar-refractivity contribution is 5.31. The van der Waals surface area contributed by atoms with Gasteiger partial charge < -0.3 is 4.74 Å². The molecule has 17 heavy (non-hydrogen) atoms. The number of rotatable bonds is 4. The Morgan fingerprint density at radius 1 is 1.35 bits per heavy atom. The Morgan fingerprint density at radius 2 is 2.18 bits per heavy atom. The van der Waals surface area contributed by atoms with E-state index in [0.29, 0.717) is 12.6 Å². The zero-order valence-electron chi connectivity index (χ0n) is 9.71. The van der Waals surface area contributed by atoms with Crippen LogP contribution in [0.25, 0.3) is 0 Å². The van der Waals surface area contributed by atoms with Crippen LogP contribution in [-0.4, -0.2) is 20.2 Å². The van der Waals surface area contributed by atoms with Crippen molar-refractivity contribution in [3.8, 4) is 5.75 Å². The maximum absolute atomic E-state index is 5.74. The van der Waals surface area contributed by atoms with Crippen LogP contribution >= 0.6 is 0 Å². The highest BCUT2D eigenvalue weighted by Crippen LogP contribution is 2.34. The predicted octanol–water partition coefficient (Wildman–Crippen LogP) is 1.90. The number of aromatic nitrogens is 4. The number of aryl methyl sites for hydroxylation is 1. The first kappa shape index (κ1) is 10.3. The lowest BCUT2D eigenvalue weighted by Gasteiger charge is -2.08.